The maximum absolute atomic E-state index is 8.85. The maximum atomic E-state index is 8.85. The van der Waals surface area contributed by atoms with Crippen LogP contribution < -0.4 is 0 Å². The Hall–Kier alpha value is -2.85. The van der Waals surface area contributed by atoms with Crippen molar-refractivity contribution >= 4 is 33.2 Å². The van der Waals surface area contributed by atoms with Gasteiger partial charge in [-0.2, -0.15) is 5.26 Å². The Bertz CT molecular complexity index is 953. The molecule has 0 unspecified atom stereocenters. The molecule has 0 N–H and O–H groups in total. The van der Waals surface area contributed by atoms with Crippen LogP contribution in [0, 0.1) is 11.3 Å². The molecule has 0 spiro atoms. The van der Waals surface area contributed by atoms with E-state index in [-0.39, 0.29) is 0 Å². The lowest BCUT2D eigenvalue weighted by Crippen LogP contribution is -1.85. The molecule has 0 bridgehead atoms. The van der Waals surface area contributed by atoms with E-state index in [0.29, 0.717) is 0 Å². The van der Waals surface area contributed by atoms with Gasteiger partial charge in [-0.25, -0.2) is 0 Å². The topological polar surface area (TPSA) is 23.8 Å². The zero-order chi connectivity index (χ0) is 13.5. The molecule has 1 aliphatic carbocycles. The smallest absolute Gasteiger partial charge is 0.0918 e. The van der Waals surface area contributed by atoms with Crippen LogP contribution in [0.2, 0.25) is 0 Å². The van der Waals surface area contributed by atoms with Gasteiger partial charge in [-0.15, -0.1) is 0 Å². The summed E-state index contributed by atoms with van der Waals surface area (Å²) in [5, 5.41) is 13.9. The molecule has 0 heterocycles. The van der Waals surface area contributed by atoms with Crippen LogP contribution in [0.5, 0.6) is 0 Å². The van der Waals surface area contributed by atoms with E-state index in [4.69, 9.17) is 5.26 Å². The summed E-state index contributed by atoms with van der Waals surface area (Å²) in [7, 11) is 0. The van der Waals surface area contributed by atoms with Crippen molar-refractivity contribution < 1.29 is 0 Å². The molecule has 20 heavy (non-hydrogen) atoms. The first-order chi connectivity index (χ1) is 9.88. The lowest BCUT2D eigenvalue weighted by atomic mass is 9.95. The van der Waals surface area contributed by atoms with Gasteiger partial charge in [-0.3, -0.25) is 0 Å². The second-order valence-electron chi connectivity index (χ2n) is 4.97. The molecule has 0 atom stereocenters. The molecule has 1 heteroatoms. The maximum Gasteiger partial charge on any atom is 0.0918 e. The summed E-state index contributed by atoms with van der Waals surface area (Å²) >= 11 is 0. The molecular formula is C19H11N. The fourth-order valence-electron chi connectivity index (χ4n) is 3.00. The van der Waals surface area contributed by atoms with Crippen molar-refractivity contribution in [1.29, 1.82) is 5.26 Å². The molecule has 0 saturated heterocycles. The molecule has 0 aliphatic heterocycles. The van der Waals surface area contributed by atoms with Crippen LogP contribution in [-0.2, 0) is 0 Å². The Labute approximate surface area is 117 Å². The van der Waals surface area contributed by atoms with E-state index in [1.54, 1.807) is 6.08 Å². The number of hydrogen-bond acceptors (Lipinski definition) is 1. The van der Waals surface area contributed by atoms with Crippen LogP contribution in [0.15, 0.2) is 60.7 Å². The van der Waals surface area contributed by atoms with Gasteiger partial charge in [0.15, 0.2) is 0 Å². The van der Waals surface area contributed by atoms with E-state index in [2.05, 4.69) is 60.7 Å². The predicted molar refractivity (Wildman–Crippen MR) is 84.1 cm³/mol. The van der Waals surface area contributed by atoms with Gasteiger partial charge in [-0.1, -0.05) is 60.7 Å². The first kappa shape index (κ1) is 11.0. The molecule has 3 aromatic carbocycles. The van der Waals surface area contributed by atoms with Crippen molar-refractivity contribution in [3.8, 4) is 6.07 Å². The molecule has 0 aromatic heterocycles. The lowest BCUT2D eigenvalue weighted by Gasteiger charge is -2.08. The van der Waals surface area contributed by atoms with Gasteiger partial charge in [0.2, 0.25) is 0 Å². The minimum atomic E-state index is 0.998. The number of rotatable bonds is 0. The number of hydrogen-bond donors (Lipinski definition) is 0. The summed E-state index contributed by atoms with van der Waals surface area (Å²) in [6.45, 7) is 0. The average Bonchev–Trinajstić information content (AvgIpc) is 2.91. The summed E-state index contributed by atoms with van der Waals surface area (Å²) in [5.74, 6) is 0. The van der Waals surface area contributed by atoms with Crippen LogP contribution in [0.4, 0.5) is 0 Å². The first-order valence-electron chi connectivity index (χ1n) is 6.61. The third-order valence-electron chi connectivity index (χ3n) is 3.93. The van der Waals surface area contributed by atoms with E-state index in [1.807, 2.05) is 6.08 Å². The van der Waals surface area contributed by atoms with Crippen molar-refractivity contribution in [3.63, 3.8) is 0 Å². The van der Waals surface area contributed by atoms with E-state index in [9.17, 15) is 0 Å². The molecule has 0 saturated carbocycles. The Morgan fingerprint density at radius 3 is 2.55 bits per heavy atom. The number of nitrogens with zero attached hydrogens (tertiary/aromatic N) is 1. The number of benzene rings is 3. The van der Waals surface area contributed by atoms with Crippen LogP contribution in [-0.4, -0.2) is 0 Å². The Kier molecular flexibility index (Phi) is 2.25. The second kappa shape index (κ2) is 4.08. The van der Waals surface area contributed by atoms with Gasteiger partial charge in [0, 0.05) is 6.08 Å². The molecule has 1 aliphatic rings. The zero-order valence-electron chi connectivity index (χ0n) is 10.8. The SMILES string of the molecule is N#CC=C1C=Cc2c1ccc1c2ccc2ccccc21. The molecule has 0 radical (unpaired) electrons. The molecule has 0 amide bonds. The number of nitriles is 1. The van der Waals surface area contributed by atoms with E-state index >= 15 is 0 Å². The zero-order valence-corrected chi connectivity index (χ0v) is 10.8. The highest BCUT2D eigenvalue weighted by molar-refractivity contribution is 6.13. The molecule has 0 fully saturated rings. The third-order valence-corrected chi connectivity index (χ3v) is 3.93. The van der Waals surface area contributed by atoms with Crippen LogP contribution in [0.3, 0.4) is 0 Å². The number of fused-ring (bicyclic) bond motifs is 5. The molecule has 3 aromatic rings. The summed E-state index contributed by atoms with van der Waals surface area (Å²) in [6.07, 6.45) is 5.73. The molecule has 4 rings (SSSR count). The second-order valence-corrected chi connectivity index (χ2v) is 4.97. The molecule has 1 nitrogen and oxygen atoms in total. The van der Waals surface area contributed by atoms with Gasteiger partial charge in [0.05, 0.1) is 6.07 Å². The lowest BCUT2D eigenvalue weighted by molar-refractivity contribution is 1.53. The quantitative estimate of drug-likeness (QED) is 0.412. The van der Waals surface area contributed by atoms with Crippen molar-refractivity contribution in [1.82, 2.24) is 0 Å². The molecule has 92 valence electrons. The van der Waals surface area contributed by atoms with E-state index in [1.165, 1.54) is 27.1 Å². The average molecular weight is 253 g/mol. The minimum Gasteiger partial charge on any atom is -0.193 e. The van der Waals surface area contributed by atoms with Crippen LogP contribution >= 0.6 is 0 Å². The van der Waals surface area contributed by atoms with Gasteiger partial charge < -0.3 is 0 Å². The summed E-state index contributed by atoms with van der Waals surface area (Å²) in [5.41, 5.74) is 3.36. The predicted octanol–water partition coefficient (Wildman–Crippen LogP) is 4.93. The fraction of sp³-hybridized carbons (Fsp3) is 0. The molecular weight excluding hydrogens is 242 g/mol. The van der Waals surface area contributed by atoms with Crippen molar-refractivity contribution in [3.05, 3.63) is 71.8 Å². The van der Waals surface area contributed by atoms with E-state index in [0.717, 1.165) is 11.1 Å². The summed E-state index contributed by atoms with van der Waals surface area (Å²) in [6, 6.07) is 19.2. The van der Waals surface area contributed by atoms with Crippen molar-refractivity contribution in [2.45, 2.75) is 0 Å². The first-order valence-corrected chi connectivity index (χ1v) is 6.61. The standard InChI is InChI=1S/C19H11N/c20-12-11-14-6-7-17-16(14)9-10-18-15-4-2-1-3-13(15)5-8-19(17)18/h1-11H. The van der Waals surface area contributed by atoms with Gasteiger partial charge >= 0.3 is 0 Å². The highest BCUT2D eigenvalue weighted by atomic mass is 14.2. The monoisotopic (exact) mass is 253 g/mol. The minimum absolute atomic E-state index is 0.998. The normalized spacial score (nSPS) is 14.8. The third kappa shape index (κ3) is 1.42. The van der Waals surface area contributed by atoms with Gasteiger partial charge in [-0.05, 0) is 38.2 Å². The number of allylic oxidation sites excluding steroid dienone is 3. The Morgan fingerprint density at radius 1 is 0.800 bits per heavy atom. The van der Waals surface area contributed by atoms with Gasteiger partial charge in [0.25, 0.3) is 0 Å². The van der Waals surface area contributed by atoms with E-state index < -0.39 is 0 Å². The summed E-state index contributed by atoms with van der Waals surface area (Å²) < 4.78 is 0. The van der Waals surface area contributed by atoms with Crippen LogP contribution in [0.25, 0.3) is 33.2 Å². The Balaban J connectivity index is 2.13. The van der Waals surface area contributed by atoms with Gasteiger partial charge in [0.1, 0.15) is 0 Å². The highest BCUT2D eigenvalue weighted by Crippen LogP contribution is 2.37. The highest BCUT2D eigenvalue weighted by Gasteiger charge is 2.14. The van der Waals surface area contributed by atoms with Crippen molar-refractivity contribution in [2.75, 3.05) is 0 Å². The fourth-order valence-corrected chi connectivity index (χ4v) is 3.00. The van der Waals surface area contributed by atoms with Crippen molar-refractivity contribution in [2.24, 2.45) is 0 Å². The summed E-state index contributed by atoms with van der Waals surface area (Å²) in [4.78, 5) is 0. The Morgan fingerprint density at radius 2 is 1.65 bits per heavy atom. The largest absolute Gasteiger partial charge is 0.193 e. The van der Waals surface area contributed by atoms with Crippen LogP contribution in [0.1, 0.15) is 11.1 Å².